The van der Waals surface area contributed by atoms with Crippen molar-refractivity contribution in [1.29, 1.82) is 0 Å². The van der Waals surface area contributed by atoms with E-state index in [0.717, 1.165) is 5.69 Å². The third-order valence-corrected chi connectivity index (χ3v) is 1.55. The summed E-state index contributed by atoms with van der Waals surface area (Å²) < 4.78 is 1.54. The van der Waals surface area contributed by atoms with Crippen LogP contribution in [0.1, 0.15) is 5.69 Å². The van der Waals surface area contributed by atoms with E-state index in [4.69, 9.17) is 0 Å². The van der Waals surface area contributed by atoms with Gasteiger partial charge in [0.15, 0.2) is 0 Å². The molecule has 0 fully saturated rings. The van der Waals surface area contributed by atoms with E-state index in [1.165, 1.54) is 0 Å². The Kier molecular flexibility index (Phi) is 2.70. The Morgan fingerprint density at radius 1 is 1.73 bits per heavy atom. The molecule has 0 spiro atoms. The Hall–Kier alpha value is -0.770. The summed E-state index contributed by atoms with van der Waals surface area (Å²) in [5.74, 6) is 0.657. The number of hydrogen-bond acceptors (Lipinski definition) is 3. The van der Waals surface area contributed by atoms with Crippen LogP contribution in [-0.2, 0) is 6.54 Å². The Labute approximate surface area is 70.5 Å². The summed E-state index contributed by atoms with van der Waals surface area (Å²) in [7, 11) is 0. The lowest BCUT2D eigenvalue weighted by Crippen LogP contribution is -2.23. The lowest BCUT2D eigenvalue weighted by atomic mass is 10.4. The molecule has 0 atom stereocenters. The van der Waals surface area contributed by atoms with Crippen molar-refractivity contribution < 1.29 is 0 Å². The molecular formula is C7H10N2OS. The fourth-order valence-electron chi connectivity index (χ4n) is 0.792. The van der Waals surface area contributed by atoms with Gasteiger partial charge >= 0.3 is 5.69 Å². The molecule has 0 aliphatic heterocycles. The topological polar surface area (TPSA) is 34.9 Å². The van der Waals surface area contributed by atoms with Crippen LogP contribution < -0.4 is 5.69 Å². The third kappa shape index (κ3) is 2.08. The molecule has 60 valence electrons. The minimum Gasteiger partial charge on any atom is -0.298 e. The molecule has 1 heterocycles. The molecule has 11 heavy (non-hydrogen) atoms. The standard InChI is InChI=1S/C7H10N2OS/c1-6-2-3-9(4-5-11)7(10)8-6/h2-3,11H,4-5H2,1H3. The van der Waals surface area contributed by atoms with Gasteiger partial charge in [0.05, 0.1) is 0 Å². The highest BCUT2D eigenvalue weighted by atomic mass is 32.1. The normalized spacial score (nSPS) is 10.0. The zero-order valence-corrected chi connectivity index (χ0v) is 7.21. The quantitative estimate of drug-likeness (QED) is 0.655. The second-order valence-corrected chi connectivity index (χ2v) is 2.72. The summed E-state index contributed by atoms with van der Waals surface area (Å²) in [5.41, 5.74) is 0.560. The molecule has 3 nitrogen and oxygen atoms in total. The minimum atomic E-state index is -0.195. The van der Waals surface area contributed by atoms with Gasteiger partial charge in [-0.3, -0.25) is 4.57 Å². The zero-order valence-electron chi connectivity index (χ0n) is 6.32. The molecule has 0 N–H and O–H groups in total. The highest BCUT2D eigenvalue weighted by molar-refractivity contribution is 7.80. The van der Waals surface area contributed by atoms with Gasteiger partial charge in [-0.1, -0.05) is 0 Å². The Morgan fingerprint density at radius 2 is 2.45 bits per heavy atom. The lowest BCUT2D eigenvalue weighted by molar-refractivity contribution is 0.701. The fourth-order valence-corrected chi connectivity index (χ4v) is 1.01. The first kappa shape index (κ1) is 8.33. The molecule has 1 aromatic heterocycles. The SMILES string of the molecule is Cc1ccn(CCS)c(=O)n1. The molecule has 1 rings (SSSR count). The van der Waals surface area contributed by atoms with Crippen molar-refractivity contribution in [3.8, 4) is 0 Å². The minimum absolute atomic E-state index is 0.195. The van der Waals surface area contributed by atoms with Gasteiger partial charge in [0, 0.05) is 24.2 Å². The number of hydrogen-bond donors (Lipinski definition) is 1. The highest BCUT2D eigenvalue weighted by Crippen LogP contribution is 1.87. The molecule has 0 unspecified atom stereocenters. The number of rotatable bonds is 2. The maximum absolute atomic E-state index is 11.0. The van der Waals surface area contributed by atoms with Crippen molar-refractivity contribution in [2.75, 3.05) is 5.75 Å². The maximum Gasteiger partial charge on any atom is 0.347 e. The van der Waals surface area contributed by atoms with E-state index in [-0.39, 0.29) is 5.69 Å². The van der Waals surface area contributed by atoms with Gasteiger partial charge in [0.1, 0.15) is 0 Å². The molecule has 0 amide bonds. The van der Waals surface area contributed by atoms with E-state index in [0.29, 0.717) is 12.3 Å². The van der Waals surface area contributed by atoms with Crippen molar-refractivity contribution in [2.24, 2.45) is 0 Å². The van der Waals surface area contributed by atoms with Gasteiger partial charge in [0.2, 0.25) is 0 Å². The van der Waals surface area contributed by atoms with Gasteiger partial charge in [-0.25, -0.2) is 4.79 Å². The van der Waals surface area contributed by atoms with Crippen molar-refractivity contribution in [3.63, 3.8) is 0 Å². The Balaban J connectivity index is 3.00. The van der Waals surface area contributed by atoms with Crippen molar-refractivity contribution in [2.45, 2.75) is 13.5 Å². The zero-order chi connectivity index (χ0) is 8.27. The lowest BCUT2D eigenvalue weighted by Gasteiger charge is -2.00. The molecule has 4 heteroatoms. The highest BCUT2D eigenvalue weighted by Gasteiger charge is 1.93. The number of aromatic nitrogens is 2. The molecule has 0 radical (unpaired) electrons. The summed E-state index contributed by atoms with van der Waals surface area (Å²) in [5, 5.41) is 0. The van der Waals surface area contributed by atoms with Crippen LogP contribution in [0.25, 0.3) is 0 Å². The van der Waals surface area contributed by atoms with Crippen molar-refractivity contribution in [1.82, 2.24) is 9.55 Å². The summed E-state index contributed by atoms with van der Waals surface area (Å²) >= 11 is 4.02. The average molecular weight is 170 g/mol. The molecule has 0 saturated heterocycles. The van der Waals surface area contributed by atoms with Crippen LogP contribution in [0, 0.1) is 6.92 Å². The Morgan fingerprint density at radius 3 is 3.00 bits per heavy atom. The first-order valence-electron chi connectivity index (χ1n) is 3.39. The van der Waals surface area contributed by atoms with E-state index < -0.39 is 0 Å². The number of nitrogens with zero attached hydrogens (tertiary/aromatic N) is 2. The summed E-state index contributed by atoms with van der Waals surface area (Å²) in [6.45, 7) is 2.42. The number of aryl methyl sites for hydroxylation is 2. The summed E-state index contributed by atoms with van der Waals surface area (Å²) in [4.78, 5) is 14.8. The first-order chi connectivity index (χ1) is 5.24. The second kappa shape index (κ2) is 3.57. The molecule has 1 aromatic rings. The third-order valence-electron chi connectivity index (χ3n) is 1.35. The van der Waals surface area contributed by atoms with Gasteiger partial charge in [-0.05, 0) is 13.0 Å². The van der Waals surface area contributed by atoms with Crippen LogP contribution in [0.15, 0.2) is 17.1 Å². The average Bonchev–Trinajstić information content (AvgIpc) is 1.95. The van der Waals surface area contributed by atoms with Crippen molar-refractivity contribution in [3.05, 3.63) is 28.4 Å². The molecular weight excluding hydrogens is 160 g/mol. The maximum atomic E-state index is 11.0. The Bertz CT molecular complexity index is 295. The van der Waals surface area contributed by atoms with Gasteiger partial charge in [-0.2, -0.15) is 17.6 Å². The largest absolute Gasteiger partial charge is 0.347 e. The molecule has 0 aliphatic rings. The molecule has 0 aromatic carbocycles. The van der Waals surface area contributed by atoms with E-state index in [9.17, 15) is 4.79 Å². The van der Waals surface area contributed by atoms with Gasteiger partial charge in [-0.15, -0.1) is 0 Å². The van der Waals surface area contributed by atoms with Gasteiger partial charge in [0.25, 0.3) is 0 Å². The van der Waals surface area contributed by atoms with E-state index in [1.807, 2.05) is 6.07 Å². The van der Waals surface area contributed by atoms with E-state index in [2.05, 4.69) is 17.6 Å². The fraction of sp³-hybridized carbons (Fsp3) is 0.429. The predicted octanol–water partition coefficient (Wildman–Crippen LogP) is 0.482. The molecule has 0 bridgehead atoms. The van der Waals surface area contributed by atoms with Crippen LogP contribution in [0.3, 0.4) is 0 Å². The summed E-state index contributed by atoms with van der Waals surface area (Å²) in [6, 6.07) is 1.81. The second-order valence-electron chi connectivity index (χ2n) is 2.27. The molecule has 0 aliphatic carbocycles. The predicted molar refractivity (Wildman–Crippen MR) is 47.1 cm³/mol. The molecule has 0 saturated carbocycles. The van der Waals surface area contributed by atoms with E-state index >= 15 is 0 Å². The van der Waals surface area contributed by atoms with Crippen LogP contribution in [-0.4, -0.2) is 15.3 Å². The van der Waals surface area contributed by atoms with E-state index in [1.54, 1.807) is 17.7 Å². The van der Waals surface area contributed by atoms with Crippen LogP contribution in [0.5, 0.6) is 0 Å². The van der Waals surface area contributed by atoms with Gasteiger partial charge < -0.3 is 0 Å². The monoisotopic (exact) mass is 170 g/mol. The smallest absolute Gasteiger partial charge is 0.298 e. The first-order valence-corrected chi connectivity index (χ1v) is 4.02. The van der Waals surface area contributed by atoms with Crippen LogP contribution in [0.2, 0.25) is 0 Å². The summed E-state index contributed by atoms with van der Waals surface area (Å²) in [6.07, 6.45) is 1.74. The van der Waals surface area contributed by atoms with Crippen LogP contribution >= 0.6 is 12.6 Å². The number of thiol groups is 1. The van der Waals surface area contributed by atoms with Crippen LogP contribution in [0.4, 0.5) is 0 Å². The van der Waals surface area contributed by atoms with Crippen molar-refractivity contribution >= 4 is 12.6 Å².